The molecule has 10 nitrogen and oxygen atoms in total. The van der Waals surface area contributed by atoms with Gasteiger partial charge in [0.05, 0.1) is 23.1 Å². The molecular formula is C22H23ClN7O3S-. The molecule has 0 saturated heterocycles. The molecule has 2 aromatic carbocycles. The molecule has 1 unspecified atom stereocenters. The van der Waals surface area contributed by atoms with E-state index in [1.807, 2.05) is 30.1 Å². The van der Waals surface area contributed by atoms with Crippen LogP contribution in [0.1, 0.15) is 15.9 Å². The predicted molar refractivity (Wildman–Crippen MR) is 132 cm³/mol. The Morgan fingerprint density at radius 1 is 1.06 bits per heavy atom. The summed E-state index contributed by atoms with van der Waals surface area (Å²) in [5.74, 6) is 0.489. The van der Waals surface area contributed by atoms with E-state index in [1.165, 1.54) is 6.20 Å². The molecule has 0 saturated carbocycles. The van der Waals surface area contributed by atoms with E-state index in [2.05, 4.69) is 25.3 Å². The van der Waals surface area contributed by atoms with Crippen LogP contribution in [0, 0.1) is 0 Å². The first-order valence-electron chi connectivity index (χ1n) is 10.4. The number of carbonyl (C=O) groups excluding carboxylic acids is 1. The van der Waals surface area contributed by atoms with E-state index in [-0.39, 0.29) is 23.4 Å². The zero-order valence-corrected chi connectivity index (χ0v) is 20.1. The third-order valence-electron chi connectivity index (χ3n) is 5.43. The molecule has 3 N–H and O–H groups in total. The lowest BCUT2D eigenvalue weighted by Gasteiger charge is -2.20. The summed E-state index contributed by atoms with van der Waals surface area (Å²) >= 11 is 3.94. The topological polar surface area (TPSA) is 126 Å². The first kappa shape index (κ1) is 23.9. The van der Waals surface area contributed by atoms with Gasteiger partial charge in [-0.1, -0.05) is 35.9 Å². The van der Waals surface area contributed by atoms with Crippen LogP contribution in [0.25, 0.3) is 0 Å². The van der Waals surface area contributed by atoms with Crippen LogP contribution in [0.15, 0.2) is 48.7 Å². The first-order chi connectivity index (χ1) is 16.3. The number of anilines is 5. The molecule has 2 heterocycles. The maximum atomic E-state index is 13.0. The number of halogens is 1. The van der Waals surface area contributed by atoms with E-state index >= 15 is 0 Å². The van der Waals surface area contributed by atoms with Gasteiger partial charge < -0.3 is 25.0 Å². The lowest BCUT2D eigenvalue weighted by molar-refractivity contribution is 0.0806. The monoisotopic (exact) mass is 500 g/mol. The van der Waals surface area contributed by atoms with Gasteiger partial charge in [-0.15, -0.1) is 0 Å². The fraction of sp³-hybridized carbons (Fsp3) is 0.227. The Hall–Kier alpha value is -3.25. The number of hydrogen-bond acceptors (Lipinski definition) is 8. The van der Waals surface area contributed by atoms with Gasteiger partial charge >= 0.3 is 0 Å². The van der Waals surface area contributed by atoms with Crippen LogP contribution >= 0.6 is 11.6 Å². The zero-order chi connectivity index (χ0) is 24.2. The molecule has 0 fully saturated rings. The summed E-state index contributed by atoms with van der Waals surface area (Å²) in [6.07, 6.45) is 1.45. The molecule has 34 heavy (non-hydrogen) atoms. The van der Waals surface area contributed by atoms with E-state index < -0.39 is 11.3 Å². The zero-order valence-electron chi connectivity index (χ0n) is 18.5. The average molecular weight is 501 g/mol. The van der Waals surface area contributed by atoms with Crippen molar-refractivity contribution in [3.8, 4) is 0 Å². The van der Waals surface area contributed by atoms with Gasteiger partial charge in [-0.05, 0) is 23.8 Å². The second-order valence-corrected chi connectivity index (χ2v) is 8.87. The Labute approximate surface area is 204 Å². The third-order valence-corrected chi connectivity index (χ3v) is 6.08. The minimum atomic E-state index is -2.39. The highest BCUT2D eigenvalue weighted by molar-refractivity contribution is 7.77. The van der Waals surface area contributed by atoms with E-state index in [1.54, 1.807) is 36.2 Å². The van der Waals surface area contributed by atoms with Crippen molar-refractivity contribution in [3.05, 3.63) is 64.8 Å². The molecule has 178 valence electrons. The summed E-state index contributed by atoms with van der Waals surface area (Å²) in [7, 11) is 3.72. The van der Waals surface area contributed by atoms with Crippen LogP contribution in [-0.4, -0.2) is 56.7 Å². The highest BCUT2D eigenvalue weighted by Crippen LogP contribution is 2.32. The molecule has 0 spiro atoms. The number of aromatic nitrogens is 2. The molecule has 1 aromatic heterocycles. The van der Waals surface area contributed by atoms with Gasteiger partial charge in [0.1, 0.15) is 5.02 Å². The first-order valence-corrected chi connectivity index (χ1v) is 11.9. The lowest BCUT2D eigenvalue weighted by Crippen LogP contribution is -2.30. The fourth-order valence-electron chi connectivity index (χ4n) is 3.60. The molecule has 4 rings (SSSR count). The normalized spacial score (nSPS) is 14.4. The summed E-state index contributed by atoms with van der Waals surface area (Å²) in [6.45, 7) is 1.44. The molecule has 0 radical (unpaired) electrons. The van der Waals surface area contributed by atoms with Crippen LogP contribution < -0.4 is 20.3 Å². The number of amides is 1. The van der Waals surface area contributed by atoms with Crippen LogP contribution in [0.4, 0.5) is 28.8 Å². The van der Waals surface area contributed by atoms with Gasteiger partial charge in [0, 0.05) is 50.7 Å². The van der Waals surface area contributed by atoms with Gasteiger partial charge in [0.15, 0.2) is 5.82 Å². The number of benzene rings is 2. The van der Waals surface area contributed by atoms with Crippen molar-refractivity contribution in [2.75, 3.05) is 42.7 Å². The molecule has 1 aliphatic rings. The summed E-state index contributed by atoms with van der Waals surface area (Å²) in [4.78, 5) is 25.5. The third kappa shape index (κ3) is 5.28. The lowest BCUT2D eigenvalue weighted by atomic mass is 10.1. The Morgan fingerprint density at radius 2 is 1.79 bits per heavy atom. The summed E-state index contributed by atoms with van der Waals surface area (Å²) in [5, 5.41) is 6.57. The Bertz CT molecular complexity index is 1240. The molecule has 1 atom stereocenters. The van der Waals surface area contributed by atoms with Crippen molar-refractivity contribution < 1.29 is 13.6 Å². The standard InChI is InChI=1S/C22H24ClN7O3S/c1-29-10-11-30(2)21(31)19-17(8-5-9-18(19)29)27-22-24-13-15(23)20(28-22)26-16-7-4-3-6-14(16)12-25-34(32)33/h3-9,13,25H,10-12H2,1-2H3,(H,32,33)(H2,24,26,27,28)/p-1. The maximum absolute atomic E-state index is 13.0. The summed E-state index contributed by atoms with van der Waals surface area (Å²) in [5.41, 5.74) is 3.29. The van der Waals surface area contributed by atoms with Crippen molar-refractivity contribution in [1.82, 2.24) is 19.6 Å². The molecule has 0 aliphatic carbocycles. The minimum absolute atomic E-state index is 0.0908. The number of fused-ring (bicyclic) bond motifs is 1. The van der Waals surface area contributed by atoms with Crippen LogP contribution in [0.3, 0.4) is 0 Å². The Kier molecular flexibility index (Phi) is 7.27. The van der Waals surface area contributed by atoms with Crippen molar-refractivity contribution in [1.29, 1.82) is 0 Å². The van der Waals surface area contributed by atoms with Crippen molar-refractivity contribution in [2.45, 2.75) is 6.54 Å². The van der Waals surface area contributed by atoms with Crippen LogP contribution in [0.5, 0.6) is 0 Å². The van der Waals surface area contributed by atoms with Gasteiger partial charge in [0.2, 0.25) is 5.95 Å². The molecular weight excluding hydrogens is 478 g/mol. The fourth-order valence-corrected chi connectivity index (χ4v) is 4.01. The van der Waals surface area contributed by atoms with E-state index in [0.717, 1.165) is 12.2 Å². The number of rotatable bonds is 7. The summed E-state index contributed by atoms with van der Waals surface area (Å²) in [6, 6.07) is 12.8. The van der Waals surface area contributed by atoms with Crippen molar-refractivity contribution in [2.24, 2.45) is 0 Å². The minimum Gasteiger partial charge on any atom is -0.760 e. The SMILES string of the molecule is CN1CCN(C)c2cccc(Nc3ncc(Cl)c(Nc4ccccc4CNS(=O)[O-])n3)c2C1=O. The summed E-state index contributed by atoms with van der Waals surface area (Å²) < 4.78 is 24.1. The number of nitrogens with zero attached hydrogens (tertiary/aromatic N) is 4. The molecule has 12 heteroatoms. The van der Waals surface area contributed by atoms with Gasteiger partial charge in [-0.3, -0.25) is 9.00 Å². The highest BCUT2D eigenvalue weighted by Gasteiger charge is 2.25. The maximum Gasteiger partial charge on any atom is 0.257 e. The molecule has 1 aliphatic heterocycles. The average Bonchev–Trinajstić information content (AvgIpc) is 2.93. The second kappa shape index (κ2) is 10.3. The van der Waals surface area contributed by atoms with Crippen molar-refractivity contribution >= 4 is 57.6 Å². The van der Waals surface area contributed by atoms with Gasteiger partial charge in [0.25, 0.3) is 5.91 Å². The number of likely N-dealkylation sites (N-methyl/N-ethyl adjacent to an activating group) is 2. The van der Waals surface area contributed by atoms with Gasteiger partial charge in [-0.2, -0.15) is 4.98 Å². The second-order valence-electron chi connectivity index (χ2n) is 7.70. The number of carbonyl (C=O) groups is 1. The number of para-hydroxylation sites is 1. The van der Waals surface area contributed by atoms with Crippen molar-refractivity contribution in [3.63, 3.8) is 0 Å². The molecule has 3 aromatic rings. The predicted octanol–water partition coefficient (Wildman–Crippen LogP) is 3.02. The van der Waals surface area contributed by atoms with Crippen LogP contribution in [0.2, 0.25) is 5.02 Å². The molecule has 1 amide bonds. The number of nitrogens with one attached hydrogen (secondary N) is 3. The Morgan fingerprint density at radius 3 is 2.59 bits per heavy atom. The Balaban J connectivity index is 1.64. The largest absolute Gasteiger partial charge is 0.760 e. The van der Waals surface area contributed by atoms with E-state index in [9.17, 15) is 13.6 Å². The smallest absolute Gasteiger partial charge is 0.257 e. The number of hydrogen-bond donors (Lipinski definition) is 3. The molecule has 0 bridgehead atoms. The quantitative estimate of drug-likeness (QED) is 0.423. The van der Waals surface area contributed by atoms with Gasteiger partial charge in [-0.25, -0.2) is 9.71 Å². The van der Waals surface area contributed by atoms with E-state index in [4.69, 9.17) is 11.6 Å². The van der Waals surface area contributed by atoms with Crippen LogP contribution in [-0.2, 0) is 17.8 Å². The highest BCUT2D eigenvalue weighted by atomic mass is 35.5. The van der Waals surface area contributed by atoms with E-state index in [0.29, 0.717) is 34.9 Å².